The van der Waals surface area contributed by atoms with Gasteiger partial charge in [-0.3, -0.25) is 9.69 Å². The van der Waals surface area contributed by atoms with Gasteiger partial charge in [-0.25, -0.2) is 4.79 Å². The maximum absolute atomic E-state index is 11.8. The number of primary amides is 1. The molecule has 0 unspecified atom stereocenters. The summed E-state index contributed by atoms with van der Waals surface area (Å²) in [4.78, 5) is 25.9. The second kappa shape index (κ2) is 14.7. The molecule has 0 radical (unpaired) electrons. The number of esters is 1. The van der Waals surface area contributed by atoms with Gasteiger partial charge in [0.2, 0.25) is 5.91 Å². The number of methoxy groups -OCH3 is 2. The van der Waals surface area contributed by atoms with Crippen molar-refractivity contribution in [3.8, 4) is 11.5 Å². The number of nitrogens with two attached hydrogens (primary N) is 3. The lowest BCUT2D eigenvalue weighted by Gasteiger charge is -2.26. The van der Waals surface area contributed by atoms with Crippen molar-refractivity contribution in [2.75, 3.05) is 88.9 Å². The van der Waals surface area contributed by atoms with Gasteiger partial charge in [0.15, 0.2) is 0 Å². The van der Waals surface area contributed by atoms with Crippen LogP contribution in [-0.4, -0.2) is 83.5 Å². The first-order valence-corrected chi connectivity index (χ1v) is 12.7. The van der Waals surface area contributed by atoms with Gasteiger partial charge in [0.1, 0.15) is 22.9 Å². The molecule has 1 aliphatic heterocycles. The van der Waals surface area contributed by atoms with Gasteiger partial charge in [0.25, 0.3) is 0 Å². The zero-order valence-electron chi connectivity index (χ0n) is 22.5. The number of carbonyl (C=O) groups is 2. The quantitative estimate of drug-likeness (QED) is 0.102. The average Bonchev–Trinajstić information content (AvgIpc) is 2.94. The van der Waals surface area contributed by atoms with E-state index < -0.39 is 11.9 Å². The van der Waals surface area contributed by atoms with Crippen molar-refractivity contribution in [3.05, 3.63) is 47.5 Å². The van der Waals surface area contributed by atoms with Gasteiger partial charge >= 0.3 is 5.97 Å². The highest BCUT2D eigenvalue weighted by Gasteiger charge is 2.15. The Labute approximate surface area is 228 Å². The number of carbonyl (C=O) groups excluding carboxylic acids is 2. The lowest BCUT2D eigenvalue weighted by Crippen LogP contribution is -2.37. The normalized spacial score (nSPS) is 13.7. The van der Waals surface area contributed by atoms with Crippen LogP contribution in [0.5, 0.6) is 11.5 Å². The first-order valence-electron chi connectivity index (χ1n) is 12.7. The predicted molar refractivity (Wildman–Crippen MR) is 152 cm³/mol. The van der Waals surface area contributed by atoms with E-state index in [0.717, 1.165) is 39.3 Å². The zero-order valence-corrected chi connectivity index (χ0v) is 22.5. The number of nitrogens with zero attached hydrogens (tertiary/aromatic N) is 1. The molecule has 2 aromatic rings. The summed E-state index contributed by atoms with van der Waals surface area (Å²) < 4.78 is 21.5. The Morgan fingerprint density at radius 1 is 0.949 bits per heavy atom. The van der Waals surface area contributed by atoms with Crippen molar-refractivity contribution in [1.29, 1.82) is 0 Å². The molecule has 12 heteroatoms. The third-order valence-corrected chi connectivity index (χ3v) is 6.13. The van der Waals surface area contributed by atoms with E-state index in [9.17, 15) is 9.59 Å². The predicted octanol–water partition coefficient (Wildman–Crippen LogP) is 1.93. The third-order valence-electron chi connectivity index (χ3n) is 6.13. The summed E-state index contributed by atoms with van der Waals surface area (Å²) in [5, 5.41) is 6.44. The lowest BCUT2D eigenvalue weighted by molar-refractivity contribution is 0.0358. The van der Waals surface area contributed by atoms with Gasteiger partial charge < -0.3 is 46.8 Å². The molecule has 0 aliphatic carbocycles. The molecule has 2 aromatic carbocycles. The Bertz CT molecular complexity index is 1170. The van der Waals surface area contributed by atoms with Crippen molar-refractivity contribution in [2.24, 2.45) is 5.73 Å². The molecule has 1 heterocycles. The molecule has 3 rings (SSSR count). The largest absolute Gasteiger partial charge is 0.494 e. The molecule has 0 saturated carbocycles. The Kier molecular flexibility index (Phi) is 11.1. The van der Waals surface area contributed by atoms with E-state index in [0.29, 0.717) is 59.5 Å². The van der Waals surface area contributed by atoms with Crippen LogP contribution in [0.2, 0.25) is 0 Å². The summed E-state index contributed by atoms with van der Waals surface area (Å²) in [6.45, 7) is 5.57. The fourth-order valence-corrected chi connectivity index (χ4v) is 4.09. The van der Waals surface area contributed by atoms with Crippen LogP contribution in [0.1, 0.15) is 27.1 Å². The number of hydrogen-bond acceptors (Lipinski definition) is 11. The molecule has 39 heavy (non-hydrogen) atoms. The number of hydrogen-bond donors (Lipinski definition) is 5. The van der Waals surface area contributed by atoms with E-state index in [-0.39, 0.29) is 5.56 Å². The molecule has 212 valence electrons. The summed E-state index contributed by atoms with van der Waals surface area (Å²) in [5.74, 6) is -0.173. The molecule has 1 amide bonds. The number of morpholine rings is 1. The van der Waals surface area contributed by atoms with Gasteiger partial charge in [-0.1, -0.05) is 12.2 Å². The second-order valence-electron chi connectivity index (χ2n) is 8.83. The average molecular weight is 543 g/mol. The Morgan fingerprint density at radius 3 is 2.13 bits per heavy atom. The minimum atomic E-state index is -0.577. The fourth-order valence-electron chi connectivity index (χ4n) is 4.09. The van der Waals surface area contributed by atoms with E-state index in [1.54, 1.807) is 12.1 Å². The SMILES string of the molecule is COC(=O)c1cc(N)c(NC/C=C/CNc2c(N)cc(C(N)=O)cc2OCCCN2CCOCC2)c(OC)c1. The summed E-state index contributed by atoms with van der Waals surface area (Å²) >= 11 is 0. The molecular formula is C27H38N6O6. The third kappa shape index (κ3) is 8.42. The highest BCUT2D eigenvalue weighted by atomic mass is 16.5. The fraction of sp³-hybridized carbons (Fsp3) is 0.407. The summed E-state index contributed by atoms with van der Waals surface area (Å²) in [7, 11) is 2.80. The minimum Gasteiger partial charge on any atom is -0.494 e. The molecule has 8 N–H and O–H groups in total. The second-order valence-corrected chi connectivity index (χ2v) is 8.83. The summed E-state index contributed by atoms with van der Waals surface area (Å²) in [6.07, 6.45) is 4.62. The van der Waals surface area contributed by atoms with E-state index in [2.05, 4.69) is 15.5 Å². The van der Waals surface area contributed by atoms with Crippen LogP contribution < -0.4 is 37.3 Å². The van der Waals surface area contributed by atoms with E-state index in [1.807, 2.05) is 12.2 Å². The highest BCUT2D eigenvalue weighted by Crippen LogP contribution is 2.33. The van der Waals surface area contributed by atoms with Crippen LogP contribution in [-0.2, 0) is 9.47 Å². The van der Waals surface area contributed by atoms with Crippen molar-refractivity contribution < 1.29 is 28.5 Å². The smallest absolute Gasteiger partial charge is 0.338 e. The first-order chi connectivity index (χ1) is 18.8. The van der Waals surface area contributed by atoms with Gasteiger partial charge in [-0.2, -0.15) is 0 Å². The number of ether oxygens (including phenoxy) is 4. The highest BCUT2D eigenvalue weighted by molar-refractivity contribution is 5.96. The van der Waals surface area contributed by atoms with Crippen LogP contribution in [0.3, 0.4) is 0 Å². The number of anilines is 4. The molecule has 1 aliphatic rings. The molecular weight excluding hydrogens is 504 g/mol. The van der Waals surface area contributed by atoms with Crippen LogP contribution in [0.15, 0.2) is 36.4 Å². The van der Waals surface area contributed by atoms with E-state index in [1.165, 1.54) is 26.4 Å². The van der Waals surface area contributed by atoms with E-state index >= 15 is 0 Å². The van der Waals surface area contributed by atoms with Gasteiger partial charge in [0, 0.05) is 38.3 Å². The summed E-state index contributed by atoms with van der Waals surface area (Å²) in [5.41, 5.74) is 20.3. The minimum absolute atomic E-state index is 0.283. The van der Waals surface area contributed by atoms with Crippen LogP contribution >= 0.6 is 0 Å². The lowest BCUT2D eigenvalue weighted by atomic mass is 10.1. The van der Waals surface area contributed by atoms with Crippen molar-refractivity contribution in [3.63, 3.8) is 0 Å². The number of nitrogens with one attached hydrogen (secondary N) is 2. The molecule has 0 bridgehead atoms. The van der Waals surface area contributed by atoms with Crippen molar-refractivity contribution in [2.45, 2.75) is 6.42 Å². The first kappa shape index (κ1) is 29.4. The number of benzene rings is 2. The maximum atomic E-state index is 11.8. The monoisotopic (exact) mass is 542 g/mol. The maximum Gasteiger partial charge on any atom is 0.338 e. The standard InChI is InChI=1S/C27H38N6O6/c1-36-22-17-19(27(35)37-2)15-21(29)24(22)31-6-3-4-7-32-25-20(28)14-18(26(30)34)16-23(25)39-11-5-8-33-9-12-38-13-10-33/h3-4,14-17,31-32H,5-13,28-29H2,1-2H3,(H2,30,34)/b4-3+. The van der Waals surface area contributed by atoms with E-state index in [4.69, 9.17) is 36.1 Å². The van der Waals surface area contributed by atoms with Crippen molar-refractivity contribution in [1.82, 2.24) is 4.90 Å². The number of amides is 1. The topological polar surface area (TPSA) is 176 Å². The van der Waals surface area contributed by atoms with Crippen LogP contribution in [0, 0.1) is 0 Å². The van der Waals surface area contributed by atoms with Crippen molar-refractivity contribution >= 4 is 34.6 Å². The van der Waals surface area contributed by atoms with Gasteiger partial charge in [0.05, 0.1) is 51.0 Å². The molecule has 0 spiro atoms. The molecule has 1 fully saturated rings. The molecule has 1 saturated heterocycles. The Balaban J connectivity index is 1.57. The number of rotatable bonds is 14. The van der Waals surface area contributed by atoms with Gasteiger partial charge in [-0.15, -0.1) is 0 Å². The summed E-state index contributed by atoms with van der Waals surface area (Å²) in [6, 6.07) is 6.23. The van der Waals surface area contributed by atoms with Crippen LogP contribution in [0.4, 0.5) is 22.7 Å². The Morgan fingerprint density at radius 2 is 1.54 bits per heavy atom. The molecule has 0 atom stereocenters. The number of nitrogen functional groups attached to an aromatic ring is 2. The Hall–Kier alpha value is -4.16. The van der Waals surface area contributed by atoms with Gasteiger partial charge in [-0.05, 0) is 30.7 Å². The zero-order chi connectivity index (χ0) is 28.2. The molecule has 0 aromatic heterocycles. The van der Waals surface area contributed by atoms with Crippen LogP contribution in [0.25, 0.3) is 0 Å². The molecule has 12 nitrogen and oxygen atoms in total.